The van der Waals surface area contributed by atoms with Crippen LogP contribution in [0, 0.1) is 0 Å². The summed E-state index contributed by atoms with van der Waals surface area (Å²) in [4.78, 5) is 15.0. The number of benzene rings is 1. The highest BCUT2D eigenvalue weighted by Crippen LogP contribution is 2.18. The minimum atomic E-state index is -0.492. The number of nitrogens with zero attached hydrogens (tertiary/aromatic N) is 1. The van der Waals surface area contributed by atoms with Crippen LogP contribution in [0.1, 0.15) is 65.9 Å². The van der Waals surface area contributed by atoms with Gasteiger partial charge in [0.05, 0.1) is 0 Å². The second-order valence-electron chi connectivity index (χ2n) is 7.14. The molecule has 0 atom stereocenters. The molecule has 0 amide bonds. The lowest BCUT2D eigenvalue weighted by molar-refractivity contribution is -0.151. The Kier molecular flexibility index (Phi) is 8.59. The molecule has 0 unspecified atom stereocenters. The van der Waals surface area contributed by atoms with Crippen LogP contribution in [0.4, 0.5) is 0 Å². The molecule has 0 radical (unpaired) electrons. The van der Waals surface area contributed by atoms with Gasteiger partial charge in [0.1, 0.15) is 11.3 Å². The van der Waals surface area contributed by atoms with E-state index >= 15 is 0 Å². The summed E-state index contributed by atoms with van der Waals surface area (Å²) >= 11 is 0. The summed E-state index contributed by atoms with van der Waals surface area (Å²) in [6.07, 6.45) is 6.31. The molecular weight excluding hydrogens is 298 g/mol. The van der Waals surface area contributed by atoms with Gasteiger partial charge in [0, 0.05) is 13.1 Å². The zero-order valence-corrected chi connectivity index (χ0v) is 16.0. The molecule has 0 heterocycles. The summed E-state index contributed by atoms with van der Waals surface area (Å²) in [6, 6.07) is 9.99. The molecule has 0 aliphatic rings. The van der Waals surface area contributed by atoms with Crippen molar-refractivity contribution in [1.29, 1.82) is 0 Å². The molecule has 0 aliphatic heterocycles. The van der Waals surface area contributed by atoms with Crippen LogP contribution in [0.5, 0.6) is 0 Å². The van der Waals surface area contributed by atoms with E-state index in [1.54, 1.807) is 0 Å². The molecule has 1 rings (SSSR count). The third-order valence-electron chi connectivity index (χ3n) is 3.61. The van der Waals surface area contributed by atoms with Gasteiger partial charge in [0.15, 0.2) is 0 Å². The molecule has 0 fully saturated rings. The Bertz CT molecular complexity index is 506. The third kappa shape index (κ3) is 7.67. The van der Waals surface area contributed by atoms with Crippen LogP contribution in [-0.2, 0) is 9.53 Å². The third-order valence-corrected chi connectivity index (χ3v) is 3.61. The van der Waals surface area contributed by atoms with Crippen molar-refractivity contribution in [1.82, 2.24) is 4.90 Å². The molecule has 0 spiro atoms. The number of rotatable bonds is 9. The van der Waals surface area contributed by atoms with Gasteiger partial charge >= 0.3 is 5.97 Å². The SMILES string of the molecule is CCCCN(CCCC)/C(=C\c1ccccc1)C(=O)OC(C)(C)C. The van der Waals surface area contributed by atoms with E-state index in [1.165, 1.54) is 0 Å². The standard InChI is InChI=1S/C21H33NO2/c1-6-8-15-22(16-9-7-2)19(20(23)24-21(3,4)5)17-18-13-11-10-12-14-18/h10-14,17H,6-9,15-16H2,1-5H3/b19-17-. The van der Waals surface area contributed by atoms with Gasteiger partial charge in [-0.1, -0.05) is 57.0 Å². The van der Waals surface area contributed by atoms with Crippen molar-refractivity contribution in [2.45, 2.75) is 65.9 Å². The lowest BCUT2D eigenvalue weighted by Crippen LogP contribution is -2.34. The van der Waals surface area contributed by atoms with E-state index in [2.05, 4.69) is 18.7 Å². The van der Waals surface area contributed by atoms with Crippen LogP contribution in [0.15, 0.2) is 36.0 Å². The molecule has 1 aromatic rings. The van der Waals surface area contributed by atoms with Crippen LogP contribution in [-0.4, -0.2) is 29.6 Å². The summed E-state index contributed by atoms with van der Waals surface area (Å²) in [6.45, 7) is 11.8. The molecule has 0 bridgehead atoms. The number of carbonyl (C=O) groups is 1. The van der Waals surface area contributed by atoms with Crippen LogP contribution in [0.2, 0.25) is 0 Å². The van der Waals surface area contributed by atoms with Gasteiger partial charge in [-0.2, -0.15) is 0 Å². The van der Waals surface area contributed by atoms with Gasteiger partial charge in [-0.05, 0) is 45.3 Å². The zero-order chi connectivity index (χ0) is 18.0. The van der Waals surface area contributed by atoms with Gasteiger partial charge in [-0.15, -0.1) is 0 Å². The molecule has 0 saturated carbocycles. The van der Waals surface area contributed by atoms with Crippen molar-refractivity contribution in [3.8, 4) is 0 Å². The number of unbranched alkanes of at least 4 members (excludes halogenated alkanes) is 2. The van der Waals surface area contributed by atoms with Crippen molar-refractivity contribution >= 4 is 12.0 Å². The number of ether oxygens (including phenoxy) is 1. The second kappa shape index (κ2) is 10.2. The highest BCUT2D eigenvalue weighted by molar-refractivity contribution is 5.93. The van der Waals surface area contributed by atoms with Crippen molar-refractivity contribution < 1.29 is 9.53 Å². The Morgan fingerprint density at radius 3 is 2.04 bits per heavy atom. The van der Waals surface area contributed by atoms with Crippen LogP contribution < -0.4 is 0 Å². The zero-order valence-electron chi connectivity index (χ0n) is 16.0. The van der Waals surface area contributed by atoms with Crippen molar-refractivity contribution in [3.63, 3.8) is 0 Å². The highest BCUT2D eigenvalue weighted by atomic mass is 16.6. The quantitative estimate of drug-likeness (QED) is 0.456. The van der Waals surface area contributed by atoms with E-state index in [9.17, 15) is 4.79 Å². The fourth-order valence-electron chi connectivity index (χ4n) is 2.37. The first kappa shape index (κ1) is 20.3. The summed E-state index contributed by atoms with van der Waals surface area (Å²) in [7, 11) is 0. The minimum Gasteiger partial charge on any atom is -0.455 e. The highest BCUT2D eigenvalue weighted by Gasteiger charge is 2.23. The Morgan fingerprint density at radius 1 is 1.04 bits per heavy atom. The molecule has 0 aliphatic carbocycles. The Labute approximate surface area is 147 Å². The van der Waals surface area contributed by atoms with Gasteiger partial charge < -0.3 is 9.64 Å². The maximum absolute atomic E-state index is 12.8. The predicted molar refractivity (Wildman–Crippen MR) is 102 cm³/mol. The summed E-state index contributed by atoms with van der Waals surface area (Å²) in [5.74, 6) is -0.237. The van der Waals surface area contributed by atoms with Gasteiger partial charge in [-0.25, -0.2) is 4.79 Å². The lowest BCUT2D eigenvalue weighted by atomic mass is 10.1. The van der Waals surface area contributed by atoms with Crippen molar-refractivity contribution in [3.05, 3.63) is 41.6 Å². The average Bonchev–Trinajstić information content (AvgIpc) is 2.52. The maximum atomic E-state index is 12.8. The Hall–Kier alpha value is -1.77. The van der Waals surface area contributed by atoms with E-state index in [-0.39, 0.29) is 5.97 Å². The first-order chi connectivity index (χ1) is 11.4. The van der Waals surface area contributed by atoms with E-state index in [1.807, 2.05) is 57.2 Å². The van der Waals surface area contributed by atoms with Gasteiger partial charge in [0.25, 0.3) is 0 Å². The molecule has 134 valence electrons. The van der Waals surface area contributed by atoms with E-state index in [0.717, 1.165) is 44.3 Å². The molecule has 0 saturated heterocycles. The monoisotopic (exact) mass is 331 g/mol. The largest absolute Gasteiger partial charge is 0.455 e. The number of hydrogen-bond acceptors (Lipinski definition) is 3. The lowest BCUT2D eigenvalue weighted by Gasteiger charge is -2.29. The van der Waals surface area contributed by atoms with E-state index in [0.29, 0.717) is 5.70 Å². The van der Waals surface area contributed by atoms with E-state index in [4.69, 9.17) is 4.74 Å². The minimum absolute atomic E-state index is 0.237. The smallest absolute Gasteiger partial charge is 0.355 e. The molecular formula is C21H33NO2. The fourth-order valence-corrected chi connectivity index (χ4v) is 2.37. The van der Waals surface area contributed by atoms with Gasteiger partial charge in [0.2, 0.25) is 0 Å². The van der Waals surface area contributed by atoms with Crippen LogP contribution >= 0.6 is 0 Å². The second-order valence-corrected chi connectivity index (χ2v) is 7.14. The first-order valence-electron chi connectivity index (χ1n) is 9.12. The molecule has 24 heavy (non-hydrogen) atoms. The normalized spacial score (nSPS) is 12.1. The Morgan fingerprint density at radius 2 is 1.58 bits per heavy atom. The molecule has 3 nitrogen and oxygen atoms in total. The first-order valence-corrected chi connectivity index (χ1v) is 9.12. The average molecular weight is 332 g/mol. The summed E-state index contributed by atoms with van der Waals surface area (Å²) in [5, 5.41) is 0. The Balaban J connectivity index is 3.12. The number of carbonyl (C=O) groups excluding carboxylic acids is 1. The van der Waals surface area contributed by atoms with Crippen LogP contribution in [0.25, 0.3) is 6.08 Å². The molecule has 0 aromatic heterocycles. The maximum Gasteiger partial charge on any atom is 0.355 e. The number of esters is 1. The topological polar surface area (TPSA) is 29.5 Å². The molecule has 0 N–H and O–H groups in total. The predicted octanol–water partition coefficient (Wildman–Crippen LogP) is 5.27. The van der Waals surface area contributed by atoms with Crippen molar-refractivity contribution in [2.24, 2.45) is 0 Å². The van der Waals surface area contributed by atoms with Crippen molar-refractivity contribution in [2.75, 3.05) is 13.1 Å². The van der Waals surface area contributed by atoms with Gasteiger partial charge in [-0.3, -0.25) is 0 Å². The van der Waals surface area contributed by atoms with E-state index < -0.39 is 5.60 Å². The summed E-state index contributed by atoms with van der Waals surface area (Å²) in [5.41, 5.74) is 1.20. The summed E-state index contributed by atoms with van der Waals surface area (Å²) < 4.78 is 5.66. The van der Waals surface area contributed by atoms with Crippen LogP contribution in [0.3, 0.4) is 0 Å². The molecule has 3 heteroatoms. The fraction of sp³-hybridized carbons (Fsp3) is 0.571. The molecule has 1 aromatic carbocycles. The number of hydrogen-bond donors (Lipinski definition) is 0.